The van der Waals surface area contributed by atoms with Crippen LogP contribution in [0.4, 0.5) is 26.3 Å². The second kappa shape index (κ2) is 5.03. The third-order valence-corrected chi connectivity index (χ3v) is 3.02. The van der Waals surface area contributed by atoms with Gasteiger partial charge in [-0.1, -0.05) is 29.8 Å². The molecule has 9 heteroatoms. The highest BCUT2D eigenvalue weighted by Gasteiger charge is 2.74. The largest absolute Gasteiger partial charge is 0.421 e. The third-order valence-electron chi connectivity index (χ3n) is 1.76. The summed E-state index contributed by atoms with van der Waals surface area (Å²) in [5, 5.41) is 1.61. The normalized spacial score (nSPS) is 14.0. The molecule has 0 saturated carbocycles. The Balaban J connectivity index is 5.16. The number of nitrogens with one attached hydrogen (secondary N) is 1. The van der Waals surface area contributed by atoms with Crippen LogP contribution in [0.2, 0.25) is 0 Å². The molecule has 0 aromatic carbocycles. The fraction of sp³-hybridized carbons (Fsp3) is 0.875. The van der Waals surface area contributed by atoms with E-state index in [4.69, 9.17) is 0 Å². The first-order valence-electron chi connectivity index (χ1n) is 4.44. The molecule has 0 unspecified atom stereocenters. The molecule has 17 heavy (non-hydrogen) atoms. The number of rotatable bonds is 3. The molecule has 0 bridgehead atoms. The van der Waals surface area contributed by atoms with Crippen LogP contribution in [0.5, 0.6) is 0 Å². The van der Waals surface area contributed by atoms with Crippen molar-refractivity contribution >= 4 is 21.8 Å². The number of carbonyl (C=O) groups excluding carboxylic acids is 1. The summed E-state index contributed by atoms with van der Waals surface area (Å²) in [5.41, 5.74) is 0. The van der Waals surface area contributed by atoms with Crippen molar-refractivity contribution in [3.8, 4) is 0 Å². The highest BCUT2D eigenvalue weighted by atomic mass is 79.9. The van der Waals surface area contributed by atoms with Crippen molar-refractivity contribution in [1.82, 2.24) is 5.32 Å². The van der Waals surface area contributed by atoms with E-state index in [0.29, 0.717) is 0 Å². The van der Waals surface area contributed by atoms with Gasteiger partial charge < -0.3 is 5.32 Å². The van der Waals surface area contributed by atoms with Crippen LogP contribution in [0.3, 0.4) is 0 Å². The summed E-state index contributed by atoms with van der Waals surface area (Å²) in [5.74, 6) is -2.43. The smallest absolute Gasteiger partial charge is 0.354 e. The van der Waals surface area contributed by atoms with Gasteiger partial charge in [-0.15, -0.1) is 0 Å². The summed E-state index contributed by atoms with van der Waals surface area (Å²) in [6.45, 7) is 2.80. The van der Waals surface area contributed by atoms with Gasteiger partial charge in [-0.25, -0.2) is 0 Å². The summed E-state index contributed by atoms with van der Waals surface area (Å²) in [6.07, 6.45) is -11.5. The number of carbonyl (C=O) groups is 1. The number of alkyl halides is 7. The molecule has 2 nitrogen and oxygen atoms in total. The molecule has 0 aromatic heterocycles. The van der Waals surface area contributed by atoms with Crippen LogP contribution < -0.4 is 5.32 Å². The molecule has 0 spiro atoms. The topological polar surface area (TPSA) is 29.1 Å². The van der Waals surface area contributed by atoms with E-state index in [1.54, 1.807) is 5.32 Å². The van der Waals surface area contributed by atoms with Gasteiger partial charge >= 0.3 is 12.4 Å². The lowest BCUT2D eigenvalue weighted by atomic mass is 10.1. The van der Waals surface area contributed by atoms with E-state index >= 15 is 0 Å². The molecule has 0 aliphatic rings. The fourth-order valence-corrected chi connectivity index (χ4v) is 0.977. The van der Waals surface area contributed by atoms with Gasteiger partial charge in [0.2, 0.25) is 0 Å². The fourth-order valence-electron chi connectivity index (χ4n) is 0.837. The maximum atomic E-state index is 12.3. The lowest BCUT2D eigenvalue weighted by Crippen LogP contribution is -2.61. The average Bonchev–Trinajstić information content (AvgIpc) is 2.08. The van der Waals surface area contributed by atoms with Gasteiger partial charge in [0.15, 0.2) is 0 Å². The van der Waals surface area contributed by atoms with Crippen molar-refractivity contribution in [2.45, 2.75) is 30.5 Å². The Bertz CT molecular complexity index is 271. The quantitative estimate of drug-likeness (QED) is 0.626. The zero-order valence-electron chi connectivity index (χ0n) is 8.84. The summed E-state index contributed by atoms with van der Waals surface area (Å²) in [6, 6.07) is 0. The monoisotopic (exact) mass is 329 g/mol. The van der Waals surface area contributed by atoms with E-state index in [0.717, 1.165) is 0 Å². The Morgan fingerprint density at radius 3 is 1.71 bits per heavy atom. The molecule has 1 amide bonds. The molecular formula is C8H10BrF6NO. The second-order valence-electron chi connectivity index (χ2n) is 3.76. The molecule has 0 aliphatic carbocycles. The Labute approximate surface area is 102 Å². The molecule has 0 aromatic rings. The van der Waals surface area contributed by atoms with Crippen molar-refractivity contribution < 1.29 is 31.1 Å². The van der Waals surface area contributed by atoms with Crippen molar-refractivity contribution in [3.05, 3.63) is 0 Å². The zero-order chi connectivity index (χ0) is 14.1. The minimum absolute atomic E-state index is 0.267. The second-order valence-corrected chi connectivity index (χ2v) is 4.95. The highest BCUT2D eigenvalue weighted by Crippen LogP contribution is 2.49. The van der Waals surface area contributed by atoms with Crippen molar-refractivity contribution in [1.29, 1.82) is 0 Å². The highest BCUT2D eigenvalue weighted by molar-refractivity contribution is 9.10. The first-order valence-corrected chi connectivity index (χ1v) is 5.24. The van der Waals surface area contributed by atoms with Gasteiger partial charge in [0.25, 0.3) is 10.2 Å². The van der Waals surface area contributed by atoms with Crippen molar-refractivity contribution in [2.75, 3.05) is 6.54 Å². The van der Waals surface area contributed by atoms with E-state index in [2.05, 4.69) is 0 Å². The minimum atomic E-state index is -5.77. The van der Waals surface area contributed by atoms with Crippen LogP contribution in [0.15, 0.2) is 0 Å². The molecule has 1 N–H and O–H groups in total. The van der Waals surface area contributed by atoms with Gasteiger partial charge in [-0.2, -0.15) is 26.3 Å². The molecular weight excluding hydrogens is 320 g/mol. The lowest BCUT2D eigenvalue weighted by molar-refractivity contribution is -0.254. The third kappa shape index (κ3) is 3.49. The Morgan fingerprint density at radius 2 is 1.47 bits per heavy atom. The Morgan fingerprint density at radius 1 is 1.12 bits per heavy atom. The molecule has 0 fully saturated rings. The number of hydrogen-bond donors (Lipinski definition) is 1. The van der Waals surface area contributed by atoms with Crippen LogP contribution in [0.25, 0.3) is 0 Å². The van der Waals surface area contributed by atoms with E-state index < -0.39 is 22.6 Å². The number of hydrogen-bond acceptors (Lipinski definition) is 1. The molecule has 0 radical (unpaired) electrons. The van der Waals surface area contributed by atoms with Crippen LogP contribution in [0.1, 0.15) is 13.8 Å². The minimum Gasteiger partial charge on any atom is -0.354 e. The standard InChI is InChI=1S/C8H10BrF6NO/c1-4(2)3-16-5(17)6(9,7(10,11)12)8(13,14)15/h4H,3H2,1-2H3,(H,16,17). The number of halogens is 7. The van der Waals surface area contributed by atoms with E-state index in [1.807, 2.05) is 0 Å². The summed E-state index contributed by atoms with van der Waals surface area (Å²) in [4.78, 5) is 11.1. The maximum absolute atomic E-state index is 12.3. The molecule has 102 valence electrons. The van der Waals surface area contributed by atoms with E-state index in [-0.39, 0.29) is 12.5 Å². The van der Waals surface area contributed by atoms with Crippen LogP contribution in [-0.4, -0.2) is 29.1 Å². The van der Waals surface area contributed by atoms with Gasteiger partial charge in [-0.05, 0) is 5.92 Å². The Hall–Kier alpha value is -0.470. The molecule has 0 heterocycles. The van der Waals surface area contributed by atoms with Gasteiger partial charge in [0, 0.05) is 6.54 Å². The van der Waals surface area contributed by atoms with Gasteiger partial charge in [-0.3, -0.25) is 4.79 Å². The number of amides is 1. The zero-order valence-corrected chi connectivity index (χ0v) is 10.4. The summed E-state index contributed by atoms with van der Waals surface area (Å²) in [7, 11) is 0. The van der Waals surface area contributed by atoms with Crippen molar-refractivity contribution in [3.63, 3.8) is 0 Å². The van der Waals surface area contributed by atoms with Crippen LogP contribution >= 0.6 is 15.9 Å². The van der Waals surface area contributed by atoms with Gasteiger partial charge in [0.05, 0.1) is 0 Å². The first kappa shape index (κ1) is 16.5. The van der Waals surface area contributed by atoms with Crippen molar-refractivity contribution in [2.24, 2.45) is 5.92 Å². The molecule has 0 rings (SSSR count). The molecule has 0 aliphatic heterocycles. The Kier molecular flexibility index (Phi) is 4.89. The molecule has 0 saturated heterocycles. The predicted molar refractivity (Wildman–Crippen MR) is 51.6 cm³/mol. The van der Waals surface area contributed by atoms with Crippen LogP contribution in [-0.2, 0) is 4.79 Å². The summed E-state index contributed by atoms with van der Waals surface area (Å²) >= 11 is 1.48. The lowest BCUT2D eigenvalue weighted by Gasteiger charge is -2.30. The SMILES string of the molecule is CC(C)CNC(=O)C(Br)(C(F)(F)F)C(F)(F)F. The first-order chi connectivity index (χ1) is 7.34. The van der Waals surface area contributed by atoms with E-state index in [1.165, 1.54) is 29.8 Å². The van der Waals surface area contributed by atoms with E-state index in [9.17, 15) is 31.1 Å². The average molecular weight is 330 g/mol. The maximum Gasteiger partial charge on any atom is 0.421 e. The predicted octanol–water partition coefficient (Wildman–Crippen LogP) is 3.02. The van der Waals surface area contributed by atoms with Gasteiger partial charge in [0.1, 0.15) is 0 Å². The summed E-state index contributed by atoms with van der Waals surface area (Å²) < 4.78 is 69.5. The molecule has 0 atom stereocenters. The van der Waals surface area contributed by atoms with Crippen LogP contribution in [0, 0.1) is 5.92 Å².